The van der Waals surface area contributed by atoms with Crippen molar-refractivity contribution < 1.29 is 23.6 Å². The Kier molecular flexibility index (Phi) is 7.15. The number of furan rings is 1. The molecule has 1 amide bonds. The van der Waals surface area contributed by atoms with Crippen molar-refractivity contribution in [2.24, 2.45) is 5.10 Å². The van der Waals surface area contributed by atoms with Gasteiger partial charge < -0.3 is 18.5 Å². The average molecular weight is 489 g/mol. The minimum absolute atomic E-state index is 0.0469. The van der Waals surface area contributed by atoms with Crippen molar-refractivity contribution in [1.29, 1.82) is 0 Å². The Morgan fingerprint density at radius 3 is 2.47 bits per heavy atom. The average Bonchev–Trinajstić information content (AvgIpc) is 3.49. The number of amides is 1. The zero-order valence-electron chi connectivity index (χ0n) is 19.9. The van der Waals surface area contributed by atoms with Crippen LogP contribution in [0.5, 0.6) is 11.5 Å². The fraction of sp³-hybridized carbons (Fsp3) is 0.154. The Morgan fingerprint density at radius 2 is 1.81 bits per heavy atom. The minimum Gasteiger partial charge on any atom is -0.496 e. The molecule has 1 N–H and O–H groups in total. The van der Waals surface area contributed by atoms with Gasteiger partial charge in [-0.25, -0.2) is 5.43 Å². The van der Waals surface area contributed by atoms with Gasteiger partial charge in [-0.15, -0.1) is 0 Å². The lowest BCUT2D eigenvalue weighted by Crippen LogP contribution is -2.16. The highest BCUT2D eigenvalue weighted by molar-refractivity contribution is 5.93. The summed E-state index contributed by atoms with van der Waals surface area (Å²) in [4.78, 5) is 22.8. The van der Waals surface area contributed by atoms with Crippen LogP contribution in [0.1, 0.15) is 33.3 Å². The van der Waals surface area contributed by atoms with E-state index in [0.29, 0.717) is 22.8 Å². The first-order chi connectivity index (χ1) is 17.4. The first-order valence-electron chi connectivity index (χ1n) is 11.0. The van der Waals surface area contributed by atoms with Gasteiger partial charge in [0.05, 0.1) is 18.2 Å². The number of rotatable bonds is 9. The summed E-state index contributed by atoms with van der Waals surface area (Å²) in [5.74, 6) is 0.974. The zero-order valence-corrected chi connectivity index (χ0v) is 19.9. The molecule has 0 spiro atoms. The first-order valence-corrected chi connectivity index (χ1v) is 11.0. The summed E-state index contributed by atoms with van der Waals surface area (Å²) in [5, 5.41) is 14.8. The summed E-state index contributed by atoms with van der Waals surface area (Å²) in [6, 6.07) is 19.1. The van der Waals surface area contributed by atoms with Crippen LogP contribution in [0.15, 0.2) is 76.2 Å². The number of non-ortho nitro benzene ring substituents is 1. The van der Waals surface area contributed by atoms with E-state index in [1.165, 1.54) is 37.6 Å². The number of carbonyl (C=O) groups is 1. The molecule has 2 aromatic heterocycles. The second-order valence-corrected chi connectivity index (χ2v) is 7.88. The van der Waals surface area contributed by atoms with Crippen LogP contribution in [0, 0.1) is 24.0 Å². The molecule has 0 atom stereocenters. The third kappa shape index (κ3) is 5.44. The Morgan fingerprint density at radius 1 is 1.08 bits per heavy atom. The highest BCUT2D eigenvalue weighted by atomic mass is 16.6. The van der Waals surface area contributed by atoms with E-state index in [9.17, 15) is 14.9 Å². The van der Waals surface area contributed by atoms with E-state index in [2.05, 4.69) is 41.1 Å². The van der Waals surface area contributed by atoms with Crippen molar-refractivity contribution in [3.05, 3.63) is 105 Å². The Bertz CT molecular complexity index is 1400. The van der Waals surface area contributed by atoms with Crippen molar-refractivity contribution in [2.75, 3.05) is 7.11 Å². The lowest BCUT2D eigenvalue weighted by atomic mass is 10.2. The number of benzene rings is 2. The predicted molar refractivity (Wildman–Crippen MR) is 133 cm³/mol. The van der Waals surface area contributed by atoms with Gasteiger partial charge in [0, 0.05) is 34.8 Å². The van der Waals surface area contributed by atoms with E-state index in [1.54, 1.807) is 6.07 Å². The summed E-state index contributed by atoms with van der Waals surface area (Å²) in [7, 11) is 1.43. The molecule has 2 heterocycles. The molecule has 184 valence electrons. The molecule has 4 aromatic rings. The molecule has 36 heavy (non-hydrogen) atoms. The number of nitrogens with one attached hydrogen (secondary N) is 1. The van der Waals surface area contributed by atoms with Gasteiger partial charge >= 0.3 is 5.91 Å². The lowest BCUT2D eigenvalue weighted by molar-refractivity contribution is -0.384. The number of carbonyl (C=O) groups excluding carboxylic acids is 1. The summed E-state index contributed by atoms with van der Waals surface area (Å²) >= 11 is 0. The number of ether oxygens (including phenoxy) is 2. The number of hydrogen-bond donors (Lipinski definition) is 1. The zero-order chi connectivity index (χ0) is 25.7. The van der Waals surface area contributed by atoms with Gasteiger partial charge in [-0.05, 0) is 68.4 Å². The van der Waals surface area contributed by atoms with Crippen LogP contribution < -0.4 is 14.9 Å². The molecule has 0 unspecified atom stereocenters. The number of nitrogens with zero attached hydrogens (tertiary/aromatic N) is 3. The largest absolute Gasteiger partial charge is 0.496 e. The second kappa shape index (κ2) is 10.6. The van der Waals surface area contributed by atoms with E-state index in [-0.39, 0.29) is 18.1 Å². The van der Waals surface area contributed by atoms with Crippen LogP contribution in [0.3, 0.4) is 0 Å². The maximum absolute atomic E-state index is 12.4. The van der Waals surface area contributed by atoms with Crippen LogP contribution in [0.4, 0.5) is 5.69 Å². The van der Waals surface area contributed by atoms with Crippen LogP contribution in [0.2, 0.25) is 0 Å². The first kappa shape index (κ1) is 24.3. The number of aromatic nitrogens is 1. The number of nitro groups is 1. The minimum atomic E-state index is -0.580. The molecule has 0 aliphatic carbocycles. The Balaban J connectivity index is 1.34. The van der Waals surface area contributed by atoms with E-state index in [0.717, 1.165) is 17.1 Å². The quantitative estimate of drug-likeness (QED) is 0.202. The third-order valence-corrected chi connectivity index (χ3v) is 5.43. The van der Waals surface area contributed by atoms with Crippen LogP contribution in [-0.2, 0) is 6.61 Å². The number of hydrogen-bond acceptors (Lipinski definition) is 7. The maximum atomic E-state index is 12.4. The van der Waals surface area contributed by atoms with Gasteiger partial charge in [-0.3, -0.25) is 14.9 Å². The van der Waals surface area contributed by atoms with Gasteiger partial charge in [-0.1, -0.05) is 0 Å². The van der Waals surface area contributed by atoms with E-state index in [1.807, 2.05) is 24.3 Å². The Hall–Kier alpha value is -4.86. The molecule has 0 saturated heterocycles. The second-order valence-electron chi connectivity index (χ2n) is 7.88. The topological polar surface area (TPSA) is 121 Å². The summed E-state index contributed by atoms with van der Waals surface area (Å²) in [6.45, 7) is 4.25. The molecule has 10 nitrogen and oxygen atoms in total. The molecule has 0 aliphatic heterocycles. The Labute approximate surface area is 206 Å². The molecule has 0 bridgehead atoms. The van der Waals surface area contributed by atoms with Gasteiger partial charge in [-0.2, -0.15) is 5.10 Å². The fourth-order valence-corrected chi connectivity index (χ4v) is 3.65. The van der Waals surface area contributed by atoms with E-state index >= 15 is 0 Å². The fourth-order valence-electron chi connectivity index (χ4n) is 3.65. The summed E-state index contributed by atoms with van der Waals surface area (Å²) in [5.41, 5.74) is 5.89. The van der Waals surface area contributed by atoms with Gasteiger partial charge in [0.25, 0.3) is 5.69 Å². The van der Waals surface area contributed by atoms with Crippen LogP contribution >= 0.6 is 0 Å². The highest BCUT2D eigenvalue weighted by Gasteiger charge is 2.13. The third-order valence-electron chi connectivity index (χ3n) is 5.43. The van der Waals surface area contributed by atoms with Crippen molar-refractivity contribution >= 4 is 17.8 Å². The van der Waals surface area contributed by atoms with Gasteiger partial charge in [0.2, 0.25) is 0 Å². The molecule has 0 radical (unpaired) electrons. The summed E-state index contributed by atoms with van der Waals surface area (Å²) in [6.07, 6.45) is 1.26. The van der Waals surface area contributed by atoms with Gasteiger partial charge in [0.1, 0.15) is 23.9 Å². The van der Waals surface area contributed by atoms with E-state index in [4.69, 9.17) is 13.9 Å². The van der Waals surface area contributed by atoms with Gasteiger partial charge in [0.15, 0.2) is 5.76 Å². The number of methoxy groups -OCH3 is 1. The molecule has 0 saturated carbocycles. The normalized spacial score (nSPS) is 11.0. The van der Waals surface area contributed by atoms with Crippen LogP contribution in [0.25, 0.3) is 5.69 Å². The number of hydrazone groups is 1. The summed E-state index contributed by atoms with van der Waals surface area (Å²) < 4.78 is 18.6. The molecular formula is C26H24N4O6. The molecule has 4 rings (SSSR count). The van der Waals surface area contributed by atoms with Crippen LogP contribution in [-0.4, -0.2) is 28.7 Å². The van der Waals surface area contributed by atoms with Crippen molar-refractivity contribution in [1.82, 2.24) is 9.99 Å². The SMILES string of the molecule is COc1ccc([N+](=O)[O-])cc1C=NNC(=O)c1ccc(COc2ccc(-n3c(C)ccc3C)cc2)o1. The standard InChI is InChI=1S/C26H24N4O6/c1-17-4-5-18(2)29(17)20-6-9-22(10-7-20)35-16-23-11-13-25(36-23)26(31)28-27-15-19-14-21(30(32)33)8-12-24(19)34-3/h4-15H,16H2,1-3H3,(H,28,31). The van der Waals surface area contributed by atoms with E-state index < -0.39 is 10.8 Å². The maximum Gasteiger partial charge on any atom is 0.307 e. The van der Waals surface area contributed by atoms with Crippen molar-refractivity contribution in [2.45, 2.75) is 20.5 Å². The lowest BCUT2D eigenvalue weighted by Gasteiger charge is -2.10. The van der Waals surface area contributed by atoms with Crippen molar-refractivity contribution in [3.8, 4) is 17.2 Å². The number of nitro benzene ring substituents is 1. The molecular weight excluding hydrogens is 464 g/mol. The monoisotopic (exact) mass is 488 g/mol. The number of aryl methyl sites for hydroxylation is 2. The smallest absolute Gasteiger partial charge is 0.307 e. The molecule has 2 aromatic carbocycles. The van der Waals surface area contributed by atoms with Crippen molar-refractivity contribution in [3.63, 3.8) is 0 Å². The molecule has 0 aliphatic rings. The predicted octanol–water partition coefficient (Wildman–Crippen LogP) is 4.95. The molecule has 10 heteroatoms. The molecule has 0 fully saturated rings. The highest BCUT2D eigenvalue weighted by Crippen LogP contribution is 2.23.